The number of hydrogen-bond donors (Lipinski definition) is 0. The topological polar surface area (TPSA) is 64.7 Å². The Kier molecular flexibility index (Phi) is 3.07. The monoisotopic (exact) mass is 248 g/mol. The molecule has 0 bridgehead atoms. The van der Waals surface area contributed by atoms with Crippen LogP contribution in [-0.4, -0.2) is 22.5 Å². The SMILES string of the molecule is CC1CC(C)(C)N=C(c2ccc([N+](=O)[O-])cc2)O1. The summed E-state index contributed by atoms with van der Waals surface area (Å²) in [6.45, 7) is 6.11. The van der Waals surface area contributed by atoms with Gasteiger partial charge in [0.1, 0.15) is 0 Å². The van der Waals surface area contributed by atoms with E-state index in [0.717, 1.165) is 12.0 Å². The van der Waals surface area contributed by atoms with E-state index in [-0.39, 0.29) is 17.3 Å². The zero-order valence-corrected chi connectivity index (χ0v) is 10.7. The smallest absolute Gasteiger partial charge is 0.269 e. The Morgan fingerprint density at radius 2 is 2.00 bits per heavy atom. The minimum atomic E-state index is -0.417. The van der Waals surface area contributed by atoms with Gasteiger partial charge in [-0.25, -0.2) is 4.99 Å². The molecule has 2 rings (SSSR count). The Hall–Kier alpha value is -1.91. The predicted octanol–water partition coefficient (Wildman–Crippen LogP) is 2.93. The number of hydrogen-bond acceptors (Lipinski definition) is 4. The second-order valence-corrected chi connectivity index (χ2v) is 5.17. The number of nitrogens with zero attached hydrogens (tertiary/aromatic N) is 2. The molecular formula is C13H16N2O3. The Morgan fingerprint density at radius 1 is 1.39 bits per heavy atom. The maximum absolute atomic E-state index is 10.6. The van der Waals surface area contributed by atoms with Crippen molar-refractivity contribution in [2.24, 2.45) is 4.99 Å². The van der Waals surface area contributed by atoms with Crippen molar-refractivity contribution in [2.75, 3.05) is 0 Å². The Bertz CT molecular complexity index is 491. The summed E-state index contributed by atoms with van der Waals surface area (Å²) in [5, 5.41) is 10.6. The van der Waals surface area contributed by atoms with E-state index in [9.17, 15) is 10.1 Å². The van der Waals surface area contributed by atoms with Crippen LogP contribution in [0, 0.1) is 10.1 Å². The first-order chi connectivity index (χ1) is 8.37. The van der Waals surface area contributed by atoms with Crippen molar-refractivity contribution in [1.29, 1.82) is 0 Å². The van der Waals surface area contributed by atoms with Gasteiger partial charge in [-0.2, -0.15) is 0 Å². The maximum atomic E-state index is 10.6. The van der Waals surface area contributed by atoms with Crippen LogP contribution in [0.3, 0.4) is 0 Å². The van der Waals surface area contributed by atoms with Crippen LogP contribution >= 0.6 is 0 Å². The quantitative estimate of drug-likeness (QED) is 0.597. The second-order valence-electron chi connectivity index (χ2n) is 5.17. The first-order valence-corrected chi connectivity index (χ1v) is 5.89. The van der Waals surface area contributed by atoms with Crippen molar-refractivity contribution in [2.45, 2.75) is 38.8 Å². The van der Waals surface area contributed by atoms with E-state index in [0.29, 0.717) is 5.90 Å². The highest BCUT2D eigenvalue weighted by Gasteiger charge is 2.28. The summed E-state index contributed by atoms with van der Waals surface area (Å²) in [6.07, 6.45) is 0.964. The van der Waals surface area contributed by atoms with Crippen molar-refractivity contribution in [3.05, 3.63) is 39.9 Å². The molecule has 1 aliphatic rings. The van der Waals surface area contributed by atoms with Gasteiger partial charge in [0, 0.05) is 24.1 Å². The maximum Gasteiger partial charge on any atom is 0.269 e. The molecule has 1 unspecified atom stereocenters. The molecule has 0 saturated carbocycles. The van der Waals surface area contributed by atoms with Crippen molar-refractivity contribution in [1.82, 2.24) is 0 Å². The summed E-state index contributed by atoms with van der Waals surface area (Å²) in [6, 6.07) is 6.27. The lowest BCUT2D eigenvalue weighted by Gasteiger charge is -2.31. The molecule has 96 valence electrons. The van der Waals surface area contributed by atoms with Crippen LogP contribution in [0.1, 0.15) is 32.8 Å². The van der Waals surface area contributed by atoms with Gasteiger partial charge < -0.3 is 4.74 Å². The van der Waals surface area contributed by atoms with Gasteiger partial charge in [-0.1, -0.05) is 0 Å². The van der Waals surface area contributed by atoms with Gasteiger partial charge in [0.15, 0.2) is 0 Å². The number of nitro benzene ring substituents is 1. The fourth-order valence-corrected chi connectivity index (χ4v) is 2.14. The van der Waals surface area contributed by atoms with Crippen molar-refractivity contribution < 1.29 is 9.66 Å². The summed E-state index contributed by atoms with van der Waals surface area (Å²) >= 11 is 0. The van der Waals surface area contributed by atoms with Gasteiger partial charge in [0.05, 0.1) is 16.6 Å². The molecular weight excluding hydrogens is 232 g/mol. The lowest BCUT2D eigenvalue weighted by Crippen LogP contribution is -2.34. The van der Waals surface area contributed by atoms with E-state index in [1.165, 1.54) is 12.1 Å². The molecule has 0 fully saturated rings. The van der Waals surface area contributed by atoms with Crippen LogP contribution in [0.4, 0.5) is 5.69 Å². The highest BCUT2D eigenvalue weighted by Crippen LogP contribution is 2.26. The number of non-ortho nitro benzene ring substituents is 1. The lowest BCUT2D eigenvalue weighted by molar-refractivity contribution is -0.384. The molecule has 5 nitrogen and oxygen atoms in total. The molecule has 0 aromatic heterocycles. The molecule has 0 saturated heterocycles. The van der Waals surface area contributed by atoms with Gasteiger partial charge in [0.25, 0.3) is 5.69 Å². The summed E-state index contributed by atoms with van der Waals surface area (Å²) in [4.78, 5) is 14.7. The van der Waals surface area contributed by atoms with Crippen LogP contribution in [0.2, 0.25) is 0 Å². The highest BCUT2D eigenvalue weighted by molar-refractivity contribution is 5.95. The number of aliphatic imine (C=N–C) groups is 1. The van der Waals surface area contributed by atoms with Gasteiger partial charge in [-0.3, -0.25) is 10.1 Å². The number of ether oxygens (including phenoxy) is 1. The fraction of sp³-hybridized carbons (Fsp3) is 0.462. The fourth-order valence-electron chi connectivity index (χ4n) is 2.14. The summed E-state index contributed by atoms with van der Waals surface area (Å²) in [7, 11) is 0. The zero-order valence-electron chi connectivity index (χ0n) is 10.7. The van der Waals surface area contributed by atoms with Crippen molar-refractivity contribution in [3.8, 4) is 0 Å². The van der Waals surface area contributed by atoms with Crippen molar-refractivity contribution >= 4 is 11.6 Å². The van der Waals surface area contributed by atoms with E-state index < -0.39 is 4.92 Å². The molecule has 0 radical (unpaired) electrons. The summed E-state index contributed by atoms with van der Waals surface area (Å²) < 4.78 is 5.69. The lowest BCUT2D eigenvalue weighted by atomic mass is 9.96. The molecule has 1 aliphatic heterocycles. The number of benzene rings is 1. The third-order valence-corrected chi connectivity index (χ3v) is 2.83. The van der Waals surface area contributed by atoms with Crippen LogP contribution in [0.25, 0.3) is 0 Å². The third kappa shape index (κ3) is 2.67. The Labute approximate surface area is 106 Å². The third-order valence-electron chi connectivity index (χ3n) is 2.83. The Morgan fingerprint density at radius 3 is 2.50 bits per heavy atom. The van der Waals surface area contributed by atoms with Crippen LogP contribution < -0.4 is 0 Å². The Balaban J connectivity index is 2.31. The number of rotatable bonds is 2. The predicted molar refractivity (Wildman–Crippen MR) is 68.9 cm³/mol. The summed E-state index contributed by atoms with van der Waals surface area (Å²) in [5.41, 5.74) is 0.692. The minimum Gasteiger partial charge on any atom is -0.474 e. The molecule has 0 spiro atoms. The molecule has 0 aliphatic carbocycles. The van der Waals surface area contributed by atoms with Gasteiger partial charge >= 0.3 is 0 Å². The molecule has 1 aromatic carbocycles. The molecule has 0 N–H and O–H groups in total. The molecule has 1 atom stereocenters. The second kappa shape index (κ2) is 4.40. The largest absolute Gasteiger partial charge is 0.474 e. The van der Waals surface area contributed by atoms with Crippen molar-refractivity contribution in [3.63, 3.8) is 0 Å². The molecule has 0 amide bonds. The van der Waals surface area contributed by atoms with E-state index >= 15 is 0 Å². The highest BCUT2D eigenvalue weighted by atomic mass is 16.6. The molecule has 18 heavy (non-hydrogen) atoms. The van der Waals surface area contributed by atoms with Crippen LogP contribution in [0.5, 0.6) is 0 Å². The van der Waals surface area contributed by atoms with Crippen LogP contribution in [-0.2, 0) is 4.74 Å². The average Bonchev–Trinajstić information content (AvgIpc) is 2.26. The van der Waals surface area contributed by atoms with Crippen LogP contribution in [0.15, 0.2) is 29.3 Å². The average molecular weight is 248 g/mol. The standard InChI is InChI=1S/C13H16N2O3/c1-9-8-13(2,3)14-12(18-9)10-4-6-11(7-5-10)15(16)17/h4-7,9H,8H2,1-3H3. The zero-order chi connectivity index (χ0) is 13.3. The molecule has 1 heterocycles. The molecule has 1 aromatic rings. The first-order valence-electron chi connectivity index (χ1n) is 5.89. The normalized spacial score (nSPS) is 21.9. The molecule has 5 heteroatoms. The number of nitro groups is 1. The minimum absolute atomic E-state index is 0.0717. The first kappa shape index (κ1) is 12.5. The van der Waals surface area contributed by atoms with E-state index in [1.807, 2.05) is 6.92 Å². The van der Waals surface area contributed by atoms with E-state index in [2.05, 4.69) is 18.8 Å². The van der Waals surface area contributed by atoms with Gasteiger partial charge in [0.2, 0.25) is 5.90 Å². The van der Waals surface area contributed by atoms with Gasteiger partial charge in [-0.15, -0.1) is 0 Å². The van der Waals surface area contributed by atoms with Gasteiger partial charge in [-0.05, 0) is 32.9 Å². The van der Waals surface area contributed by atoms with E-state index in [4.69, 9.17) is 4.74 Å². The van der Waals surface area contributed by atoms with E-state index in [1.54, 1.807) is 12.1 Å². The summed E-state index contributed by atoms with van der Waals surface area (Å²) in [5.74, 6) is 0.564.